The van der Waals surface area contributed by atoms with Gasteiger partial charge >= 0.3 is 5.97 Å². The van der Waals surface area contributed by atoms with Gasteiger partial charge in [-0.25, -0.2) is 4.79 Å². The van der Waals surface area contributed by atoms with Gasteiger partial charge in [-0.15, -0.1) is 6.58 Å². The van der Waals surface area contributed by atoms with E-state index in [2.05, 4.69) is 11.9 Å². The predicted molar refractivity (Wildman–Crippen MR) is 63.5 cm³/mol. The van der Waals surface area contributed by atoms with Gasteiger partial charge in [-0.2, -0.15) is 0 Å². The summed E-state index contributed by atoms with van der Waals surface area (Å²) in [6.07, 6.45) is 1.45. The summed E-state index contributed by atoms with van der Waals surface area (Å²) >= 11 is 0. The molecule has 1 aromatic carbocycles. The van der Waals surface area contributed by atoms with Crippen molar-refractivity contribution in [3.8, 4) is 11.5 Å². The fourth-order valence-corrected chi connectivity index (χ4v) is 1.36. The van der Waals surface area contributed by atoms with E-state index in [1.807, 2.05) is 0 Å². The van der Waals surface area contributed by atoms with Crippen molar-refractivity contribution in [2.24, 2.45) is 0 Å². The van der Waals surface area contributed by atoms with Crippen LogP contribution in [0.15, 0.2) is 30.9 Å². The number of amides is 1. The molecule has 18 heavy (non-hydrogen) atoms. The van der Waals surface area contributed by atoms with Gasteiger partial charge in [0.25, 0.3) is 5.91 Å². The Morgan fingerprint density at radius 1 is 1.28 bits per heavy atom. The van der Waals surface area contributed by atoms with Crippen LogP contribution in [-0.2, 0) is 4.79 Å². The fourth-order valence-electron chi connectivity index (χ4n) is 1.36. The van der Waals surface area contributed by atoms with Gasteiger partial charge in [0.05, 0.1) is 0 Å². The van der Waals surface area contributed by atoms with E-state index in [4.69, 9.17) is 5.11 Å². The van der Waals surface area contributed by atoms with E-state index in [1.54, 1.807) is 0 Å². The van der Waals surface area contributed by atoms with Crippen molar-refractivity contribution in [1.29, 1.82) is 0 Å². The smallest absolute Gasteiger partial charge is 0.326 e. The zero-order valence-corrected chi connectivity index (χ0v) is 9.46. The molecule has 1 atom stereocenters. The minimum Gasteiger partial charge on any atom is -0.508 e. The Labute approximate surface area is 103 Å². The molecule has 6 heteroatoms. The third-order valence-electron chi connectivity index (χ3n) is 2.17. The molecule has 0 aliphatic heterocycles. The minimum absolute atomic E-state index is 0.0252. The molecule has 0 fully saturated rings. The van der Waals surface area contributed by atoms with E-state index in [9.17, 15) is 19.8 Å². The maximum atomic E-state index is 11.7. The average Bonchev–Trinajstić information content (AvgIpc) is 2.26. The zero-order chi connectivity index (χ0) is 13.7. The van der Waals surface area contributed by atoms with Crippen LogP contribution in [0, 0.1) is 0 Å². The number of carbonyl (C=O) groups excluding carboxylic acids is 1. The number of rotatable bonds is 5. The summed E-state index contributed by atoms with van der Waals surface area (Å²) in [6, 6.07) is 2.22. The third kappa shape index (κ3) is 3.51. The maximum Gasteiger partial charge on any atom is 0.326 e. The molecule has 0 spiro atoms. The molecular formula is C12H13NO5. The van der Waals surface area contributed by atoms with E-state index < -0.39 is 17.9 Å². The van der Waals surface area contributed by atoms with Crippen molar-refractivity contribution >= 4 is 11.9 Å². The molecule has 1 aromatic rings. The number of nitrogens with one attached hydrogen (secondary N) is 1. The van der Waals surface area contributed by atoms with Crippen LogP contribution in [0.1, 0.15) is 16.8 Å². The Morgan fingerprint density at radius 3 is 2.28 bits per heavy atom. The van der Waals surface area contributed by atoms with Gasteiger partial charge in [0, 0.05) is 11.6 Å². The van der Waals surface area contributed by atoms with Crippen molar-refractivity contribution in [3.05, 3.63) is 36.4 Å². The minimum atomic E-state index is -1.19. The summed E-state index contributed by atoms with van der Waals surface area (Å²) in [5, 5.41) is 29.5. The SMILES string of the molecule is C=CCC(NC(=O)c1cc(O)cc(O)c1)C(=O)O. The van der Waals surface area contributed by atoms with Gasteiger partial charge in [0.1, 0.15) is 17.5 Å². The van der Waals surface area contributed by atoms with Crippen molar-refractivity contribution < 1.29 is 24.9 Å². The third-order valence-corrected chi connectivity index (χ3v) is 2.17. The molecule has 6 nitrogen and oxygen atoms in total. The first-order valence-electron chi connectivity index (χ1n) is 5.11. The molecule has 0 heterocycles. The Kier molecular flexibility index (Phi) is 4.31. The first-order chi connectivity index (χ1) is 8.43. The van der Waals surface area contributed by atoms with Crippen molar-refractivity contribution in [3.63, 3.8) is 0 Å². The van der Waals surface area contributed by atoms with Crippen LogP contribution in [0.3, 0.4) is 0 Å². The van der Waals surface area contributed by atoms with Crippen LogP contribution in [0.25, 0.3) is 0 Å². The van der Waals surface area contributed by atoms with E-state index in [0.717, 1.165) is 18.2 Å². The van der Waals surface area contributed by atoms with Crippen LogP contribution in [0.2, 0.25) is 0 Å². The Hall–Kier alpha value is -2.50. The maximum absolute atomic E-state index is 11.7. The normalized spacial score (nSPS) is 11.6. The number of hydrogen-bond donors (Lipinski definition) is 4. The number of carbonyl (C=O) groups is 2. The number of aromatic hydroxyl groups is 2. The van der Waals surface area contributed by atoms with Gasteiger partial charge < -0.3 is 20.6 Å². The number of carboxylic acids is 1. The number of aliphatic carboxylic acids is 1. The molecule has 0 aliphatic rings. The van der Waals surface area contributed by atoms with Crippen molar-refractivity contribution in [1.82, 2.24) is 5.32 Å². The molecule has 0 aromatic heterocycles. The van der Waals surface area contributed by atoms with E-state index in [0.29, 0.717) is 0 Å². The number of carboxylic acid groups (broad SMARTS) is 1. The molecule has 0 saturated heterocycles. The highest BCUT2D eigenvalue weighted by molar-refractivity contribution is 5.97. The summed E-state index contributed by atoms with van der Waals surface area (Å²) in [4.78, 5) is 22.5. The number of phenolic OH excluding ortho intramolecular Hbond substituents is 2. The van der Waals surface area contributed by atoms with Crippen molar-refractivity contribution in [2.45, 2.75) is 12.5 Å². The molecule has 1 unspecified atom stereocenters. The fraction of sp³-hybridized carbons (Fsp3) is 0.167. The standard InChI is InChI=1S/C12H13NO5/c1-2-3-10(12(17)18)13-11(16)7-4-8(14)6-9(15)5-7/h2,4-6,10,14-15H,1,3H2,(H,13,16)(H,17,18). The summed E-state index contributed by atoms with van der Waals surface area (Å²) in [7, 11) is 0. The lowest BCUT2D eigenvalue weighted by Crippen LogP contribution is -2.40. The number of phenols is 2. The highest BCUT2D eigenvalue weighted by Gasteiger charge is 2.19. The highest BCUT2D eigenvalue weighted by Crippen LogP contribution is 2.20. The van der Waals surface area contributed by atoms with E-state index >= 15 is 0 Å². The molecule has 0 bridgehead atoms. The second-order valence-electron chi connectivity index (χ2n) is 3.63. The lowest BCUT2D eigenvalue weighted by Gasteiger charge is -2.12. The van der Waals surface area contributed by atoms with E-state index in [1.165, 1.54) is 6.08 Å². The molecule has 0 radical (unpaired) electrons. The second-order valence-corrected chi connectivity index (χ2v) is 3.63. The van der Waals surface area contributed by atoms with Gasteiger partial charge in [-0.3, -0.25) is 4.79 Å². The summed E-state index contributed by atoms with van der Waals surface area (Å²) in [5.41, 5.74) is -0.0252. The molecule has 1 rings (SSSR count). The Balaban J connectivity index is 2.86. The van der Waals surface area contributed by atoms with Gasteiger partial charge in [0.2, 0.25) is 0 Å². The number of benzene rings is 1. The lowest BCUT2D eigenvalue weighted by molar-refractivity contribution is -0.139. The Morgan fingerprint density at radius 2 is 1.83 bits per heavy atom. The zero-order valence-electron chi connectivity index (χ0n) is 9.46. The molecule has 0 aliphatic carbocycles. The van der Waals surface area contributed by atoms with Gasteiger partial charge in [0.15, 0.2) is 0 Å². The summed E-state index contributed by atoms with van der Waals surface area (Å²) in [6.45, 7) is 3.40. The monoisotopic (exact) mass is 251 g/mol. The van der Waals surface area contributed by atoms with Crippen LogP contribution in [-0.4, -0.2) is 33.2 Å². The predicted octanol–water partition coefficient (Wildman–Crippen LogP) is 0.857. The quantitative estimate of drug-likeness (QED) is 0.580. The molecule has 1 amide bonds. The highest BCUT2D eigenvalue weighted by atomic mass is 16.4. The van der Waals surface area contributed by atoms with Crippen LogP contribution in [0.5, 0.6) is 11.5 Å². The second kappa shape index (κ2) is 5.72. The molecular weight excluding hydrogens is 238 g/mol. The topological polar surface area (TPSA) is 107 Å². The number of hydrogen-bond acceptors (Lipinski definition) is 4. The molecule has 4 N–H and O–H groups in total. The molecule has 96 valence electrons. The van der Waals surface area contributed by atoms with Crippen molar-refractivity contribution in [2.75, 3.05) is 0 Å². The Bertz CT molecular complexity index is 463. The lowest BCUT2D eigenvalue weighted by atomic mass is 10.1. The molecule has 0 saturated carbocycles. The van der Waals surface area contributed by atoms with Gasteiger partial charge in [-0.05, 0) is 18.6 Å². The van der Waals surface area contributed by atoms with Gasteiger partial charge in [-0.1, -0.05) is 6.08 Å². The van der Waals surface area contributed by atoms with Crippen LogP contribution < -0.4 is 5.32 Å². The van der Waals surface area contributed by atoms with Crippen LogP contribution >= 0.6 is 0 Å². The average molecular weight is 251 g/mol. The first-order valence-corrected chi connectivity index (χ1v) is 5.11. The summed E-state index contributed by atoms with van der Waals surface area (Å²) in [5.74, 6) is -2.45. The largest absolute Gasteiger partial charge is 0.508 e. The van der Waals surface area contributed by atoms with E-state index in [-0.39, 0.29) is 23.5 Å². The first kappa shape index (κ1) is 13.6. The van der Waals surface area contributed by atoms with Crippen LogP contribution in [0.4, 0.5) is 0 Å². The summed E-state index contributed by atoms with van der Waals surface area (Å²) < 4.78 is 0.